The van der Waals surface area contributed by atoms with Gasteiger partial charge >= 0.3 is 0 Å². The second kappa shape index (κ2) is 5.85. The molecule has 18 heavy (non-hydrogen) atoms. The fraction of sp³-hybridized carbons (Fsp3) is 0.500. The smallest absolute Gasteiger partial charge is 0.254 e. The van der Waals surface area contributed by atoms with Crippen molar-refractivity contribution >= 4 is 21.8 Å². The van der Waals surface area contributed by atoms with Crippen LogP contribution in [0.1, 0.15) is 29.3 Å². The van der Waals surface area contributed by atoms with Crippen molar-refractivity contribution in [3.8, 4) is 0 Å². The predicted octanol–water partition coefficient (Wildman–Crippen LogP) is 2.58. The van der Waals surface area contributed by atoms with Gasteiger partial charge in [-0.1, -0.05) is 15.9 Å². The molecule has 1 aliphatic rings. The number of carbonyl (C=O) groups excluding carboxylic acids is 1. The van der Waals surface area contributed by atoms with Gasteiger partial charge in [0.2, 0.25) is 0 Å². The zero-order chi connectivity index (χ0) is 13.1. The number of hydrogen-bond donors (Lipinski definition) is 1. The van der Waals surface area contributed by atoms with Crippen molar-refractivity contribution in [3.05, 3.63) is 33.8 Å². The van der Waals surface area contributed by atoms with E-state index in [2.05, 4.69) is 21.2 Å². The molecule has 1 atom stereocenters. The van der Waals surface area contributed by atoms with E-state index in [4.69, 9.17) is 0 Å². The van der Waals surface area contributed by atoms with E-state index in [1.54, 1.807) is 0 Å². The number of nitrogens with zero attached hydrogens (tertiary/aromatic N) is 1. The van der Waals surface area contributed by atoms with Crippen LogP contribution >= 0.6 is 15.9 Å². The van der Waals surface area contributed by atoms with E-state index < -0.39 is 0 Å². The molecule has 2 rings (SSSR count). The lowest BCUT2D eigenvalue weighted by atomic mass is 10.1. The van der Waals surface area contributed by atoms with E-state index in [9.17, 15) is 4.79 Å². The van der Waals surface area contributed by atoms with Gasteiger partial charge in [0.15, 0.2) is 0 Å². The number of nitrogens with one attached hydrogen (secondary N) is 1. The zero-order valence-corrected chi connectivity index (χ0v) is 12.5. The Hall–Kier alpha value is -0.870. The van der Waals surface area contributed by atoms with Gasteiger partial charge in [0.1, 0.15) is 0 Å². The van der Waals surface area contributed by atoms with Gasteiger partial charge in [-0.05, 0) is 50.6 Å². The number of aryl methyl sites for hydroxylation is 1. The lowest BCUT2D eigenvalue weighted by Crippen LogP contribution is -2.41. The summed E-state index contributed by atoms with van der Waals surface area (Å²) in [6, 6.07) is 6.14. The normalized spacial score (nSPS) is 18.9. The minimum absolute atomic E-state index is 0.141. The van der Waals surface area contributed by atoms with Crippen molar-refractivity contribution in [3.63, 3.8) is 0 Å². The van der Waals surface area contributed by atoms with E-state index in [-0.39, 0.29) is 5.91 Å². The SMILES string of the molecule is CCN(C(=O)c1ccc(Br)c(C)c1)C1CCNC1. The molecule has 1 heterocycles. The topological polar surface area (TPSA) is 32.3 Å². The molecule has 0 spiro atoms. The highest BCUT2D eigenvalue weighted by Gasteiger charge is 2.25. The first-order chi connectivity index (χ1) is 8.63. The van der Waals surface area contributed by atoms with E-state index in [1.165, 1.54) is 0 Å². The van der Waals surface area contributed by atoms with Crippen LogP contribution in [-0.4, -0.2) is 36.5 Å². The molecular weight excluding hydrogens is 292 g/mol. The summed E-state index contributed by atoms with van der Waals surface area (Å²) in [7, 11) is 0. The predicted molar refractivity (Wildman–Crippen MR) is 76.9 cm³/mol. The van der Waals surface area contributed by atoms with Crippen LogP contribution in [0.3, 0.4) is 0 Å². The summed E-state index contributed by atoms with van der Waals surface area (Å²) in [4.78, 5) is 14.5. The standard InChI is InChI=1S/C14H19BrN2O/c1-3-17(12-6-7-16-9-12)14(18)11-4-5-13(15)10(2)8-11/h4-5,8,12,16H,3,6-7,9H2,1-2H3. The van der Waals surface area contributed by atoms with E-state index in [1.807, 2.05) is 36.9 Å². The molecule has 4 heteroatoms. The second-order valence-electron chi connectivity index (χ2n) is 4.70. The lowest BCUT2D eigenvalue weighted by Gasteiger charge is -2.27. The maximum atomic E-state index is 12.5. The van der Waals surface area contributed by atoms with Crippen molar-refractivity contribution in [2.45, 2.75) is 26.3 Å². The van der Waals surface area contributed by atoms with Crippen LogP contribution in [0, 0.1) is 6.92 Å². The van der Waals surface area contributed by atoms with Gasteiger partial charge in [0, 0.05) is 29.2 Å². The maximum absolute atomic E-state index is 12.5. The Morgan fingerprint density at radius 3 is 2.89 bits per heavy atom. The van der Waals surface area contributed by atoms with Crippen LogP contribution in [0.25, 0.3) is 0 Å². The summed E-state index contributed by atoms with van der Waals surface area (Å²) in [6.07, 6.45) is 1.05. The van der Waals surface area contributed by atoms with Crippen LogP contribution in [0.2, 0.25) is 0 Å². The molecule has 1 aliphatic heterocycles. The molecule has 1 aromatic carbocycles. The Bertz CT molecular complexity index is 441. The number of rotatable bonds is 3. The minimum Gasteiger partial charge on any atom is -0.335 e. The van der Waals surface area contributed by atoms with Gasteiger partial charge in [-0.25, -0.2) is 0 Å². The van der Waals surface area contributed by atoms with Gasteiger partial charge < -0.3 is 10.2 Å². The summed E-state index contributed by atoms with van der Waals surface area (Å²) in [5.41, 5.74) is 1.88. The number of likely N-dealkylation sites (N-methyl/N-ethyl adjacent to an activating group) is 1. The first-order valence-corrected chi connectivity index (χ1v) is 7.20. The Balaban J connectivity index is 2.19. The highest BCUT2D eigenvalue weighted by atomic mass is 79.9. The van der Waals surface area contributed by atoms with Crippen molar-refractivity contribution in [2.24, 2.45) is 0 Å². The molecule has 1 N–H and O–H groups in total. The summed E-state index contributed by atoms with van der Waals surface area (Å²) < 4.78 is 1.05. The molecule has 1 amide bonds. The molecule has 0 radical (unpaired) electrons. The third-order valence-electron chi connectivity index (χ3n) is 3.48. The summed E-state index contributed by atoms with van der Waals surface area (Å²) in [6.45, 7) is 6.74. The van der Waals surface area contributed by atoms with Gasteiger partial charge in [-0.2, -0.15) is 0 Å². The highest BCUT2D eigenvalue weighted by Crippen LogP contribution is 2.19. The van der Waals surface area contributed by atoms with Crippen molar-refractivity contribution in [1.82, 2.24) is 10.2 Å². The van der Waals surface area contributed by atoms with Crippen molar-refractivity contribution in [2.75, 3.05) is 19.6 Å². The molecule has 0 aromatic heterocycles. The molecule has 1 aromatic rings. The first kappa shape index (κ1) is 13.6. The quantitative estimate of drug-likeness (QED) is 0.930. The number of carbonyl (C=O) groups is 1. The Morgan fingerprint density at radius 1 is 1.56 bits per heavy atom. The van der Waals surface area contributed by atoms with E-state index in [0.29, 0.717) is 6.04 Å². The number of halogens is 1. The third-order valence-corrected chi connectivity index (χ3v) is 4.37. The molecule has 3 nitrogen and oxygen atoms in total. The highest BCUT2D eigenvalue weighted by molar-refractivity contribution is 9.10. The van der Waals surface area contributed by atoms with Crippen LogP contribution in [0.15, 0.2) is 22.7 Å². The summed E-state index contributed by atoms with van der Waals surface area (Å²) in [5.74, 6) is 0.141. The van der Waals surface area contributed by atoms with Crippen LogP contribution in [0.4, 0.5) is 0 Å². The van der Waals surface area contributed by atoms with Gasteiger partial charge in [0.25, 0.3) is 5.91 Å². The van der Waals surface area contributed by atoms with Crippen molar-refractivity contribution < 1.29 is 4.79 Å². The van der Waals surface area contributed by atoms with Crippen LogP contribution in [0.5, 0.6) is 0 Å². The summed E-state index contributed by atoms with van der Waals surface area (Å²) >= 11 is 3.46. The maximum Gasteiger partial charge on any atom is 0.254 e. The Morgan fingerprint density at radius 2 is 2.33 bits per heavy atom. The number of hydrogen-bond acceptors (Lipinski definition) is 2. The minimum atomic E-state index is 0.141. The van der Waals surface area contributed by atoms with E-state index >= 15 is 0 Å². The third kappa shape index (κ3) is 2.75. The summed E-state index contributed by atoms with van der Waals surface area (Å²) in [5, 5.41) is 3.31. The fourth-order valence-electron chi connectivity index (χ4n) is 2.42. The van der Waals surface area contributed by atoms with Crippen LogP contribution in [-0.2, 0) is 0 Å². The zero-order valence-electron chi connectivity index (χ0n) is 10.9. The lowest BCUT2D eigenvalue weighted by molar-refractivity contribution is 0.0703. The molecule has 98 valence electrons. The van der Waals surface area contributed by atoms with E-state index in [0.717, 1.165) is 41.7 Å². The Labute approximate surface area is 117 Å². The fourth-order valence-corrected chi connectivity index (χ4v) is 2.66. The Kier molecular flexibility index (Phi) is 4.40. The molecule has 0 bridgehead atoms. The van der Waals surface area contributed by atoms with Gasteiger partial charge in [-0.15, -0.1) is 0 Å². The van der Waals surface area contributed by atoms with Gasteiger partial charge in [-0.3, -0.25) is 4.79 Å². The molecule has 1 fully saturated rings. The largest absolute Gasteiger partial charge is 0.335 e. The monoisotopic (exact) mass is 310 g/mol. The molecule has 1 unspecified atom stereocenters. The second-order valence-corrected chi connectivity index (χ2v) is 5.56. The number of benzene rings is 1. The molecule has 0 saturated carbocycles. The first-order valence-electron chi connectivity index (χ1n) is 6.41. The molecular formula is C14H19BrN2O. The average Bonchev–Trinajstić information content (AvgIpc) is 2.87. The van der Waals surface area contributed by atoms with Gasteiger partial charge in [0.05, 0.1) is 0 Å². The van der Waals surface area contributed by atoms with Crippen LogP contribution < -0.4 is 5.32 Å². The average molecular weight is 311 g/mol. The molecule has 1 saturated heterocycles. The molecule has 0 aliphatic carbocycles. The number of amides is 1. The van der Waals surface area contributed by atoms with Crippen molar-refractivity contribution in [1.29, 1.82) is 0 Å².